The van der Waals surface area contributed by atoms with E-state index in [0.29, 0.717) is 19.1 Å². The summed E-state index contributed by atoms with van der Waals surface area (Å²) < 4.78 is 4.90. The molecule has 21 heavy (non-hydrogen) atoms. The summed E-state index contributed by atoms with van der Waals surface area (Å²) in [5.74, 6) is 0.400. The third-order valence-electron chi connectivity index (χ3n) is 4.14. The molecule has 0 saturated heterocycles. The van der Waals surface area contributed by atoms with Crippen LogP contribution in [0.1, 0.15) is 37.7 Å². The summed E-state index contributed by atoms with van der Waals surface area (Å²) in [5.41, 5.74) is 4.03. The monoisotopic (exact) mass is 291 g/mol. The predicted octanol–water partition coefficient (Wildman–Crippen LogP) is 3.08. The first kappa shape index (κ1) is 16.0. The van der Waals surface area contributed by atoms with Gasteiger partial charge in [-0.15, -0.1) is 0 Å². The van der Waals surface area contributed by atoms with Gasteiger partial charge in [-0.3, -0.25) is 9.63 Å². The lowest BCUT2D eigenvalue weighted by molar-refractivity contribution is -0.147. The average Bonchev–Trinajstić information content (AvgIpc) is 3.03. The molecule has 2 rings (SSSR count). The van der Waals surface area contributed by atoms with Crippen molar-refractivity contribution < 1.29 is 14.4 Å². The van der Waals surface area contributed by atoms with Crippen LogP contribution in [0.15, 0.2) is 30.3 Å². The van der Waals surface area contributed by atoms with Gasteiger partial charge in [0, 0.05) is 6.54 Å². The zero-order valence-electron chi connectivity index (χ0n) is 12.7. The number of hydrogen-bond donors (Lipinski definition) is 1. The summed E-state index contributed by atoms with van der Waals surface area (Å²) in [4.78, 5) is 17.3. The van der Waals surface area contributed by atoms with E-state index >= 15 is 0 Å². The van der Waals surface area contributed by atoms with Crippen LogP contribution in [-0.4, -0.2) is 19.6 Å². The Bertz CT molecular complexity index is 415. The van der Waals surface area contributed by atoms with Crippen molar-refractivity contribution in [2.24, 2.45) is 11.8 Å². The largest absolute Gasteiger partial charge is 0.469 e. The van der Waals surface area contributed by atoms with E-state index in [-0.39, 0.29) is 11.9 Å². The number of nitrogens with one attached hydrogen (secondary N) is 1. The minimum Gasteiger partial charge on any atom is -0.469 e. The highest BCUT2D eigenvalue weighted by molar-refractivity contribution is 5.72. The predicted molar refractivity (Wildman–Crippen MR) is 81.3 cm³/mol. The fraction of sp³-hybridized carbons (Fsp3) is 0.588. The molecule has 0 spiro atoms. The molecule has 1 aromatic rings. The molecular formula is C17H25NO3. The second-order valence-electron chi connectivity index (χ2n) is 5.73. The van der Waals surface area contributed by atoms with Crippen molar-refractivity contribution in [1.82, 2.24) is 5.48 Å². The highest BCUT2D eigenvalue weighted by atomic mass is 16.6. The van der Waals surface area contributed by atoms with Crippen LogP contribution in [0.3, 0.4) is 0 Å². The molecule has 0 heterocycles. The first-order valence-electron chi connectivity index (χ1n) is 7.76. The van der Waals surface area contributed by atoms with Crippen molar-refractivity contribution in [2.75, 3.05) is 13.7 Å². The van der Waals surface area contributed by atoms with E-state index in [9.17, 15) is 4.79 Å². The van der Waals surface area contributed by atoms with E-state index in [2.05, 4.69) is 5.48 Å². The lowest BCUT2D eigenvalue weighted by Crippen LogP contribution is -2.31. The van der Waals surface area contributed by atoms with Crippen molar-refractivity contribution in [2.45, 2.75) is 38.7 Å². The van der Waals surface area contributed by atoms with E-state index in [4.69, 9.17) is 9.57 Å². The van der Waals surface area contributed by atoms with Gasteiger partial charge in [-0.05, 0) is 17.9 Å². The Balaban J connectivity index is 1.72. The Morgan fingerprint density at radius 1 is 1.29 bits per heavy atom. The van der Waals surface area contributed by atoms with Crippen LogP contribution >= 0.6 is 0 Å². The Labute approximate surface area is 126 Å². The molecule has 0 radical (unpaired) electrons. The molecule has 0 aromatic heterocycles. The van der Waals surface area contributed by atoms with E-state index < -0.39 is 0 Å². The highest BCUT2D eigenvalue weighted by Gasteiger charge is 2.25. The molecule has 1 fully saturated rings. The Kier molecular flexibility index (Phi) is 6.70. The van der Waals surface area contributed by atoms with Crippen molar-refractivity contribution in [3.8, 4) is 0 Å². The van der Waals surface area contributed by atoms with Gasteiger partial charge in [0.2, 0.25) is 0 Å². The minimum absolute atomic E-state index is 0.117. The lowest BCUT2D eigenvalue weighted by atomic mass is 9.93. The van der Waals surface area contributed by atoms with Gasteiger partial charge in [-0.2, -0.15) is 0 Å². The second-order valence-corrected chi connectivity index (χ2v) is 5.73. The Morgan fingerprint density at radius 2 is 2.00 bits per heavy atom. The SMILES string of the molecule is COC(=O)C(CNOCc1ccccc1)CC1CCCC1. The molecular weight excluding hydrogens is 266 g/mol. The number of carbonyl (C=O) groups excluding carboxylic acids is 1. The lowest BCUT2D eigenvalue weighted by Gasteiger charge is -2.18. The summed E-state index contributed by atoms with van der Waals surface area (Å²) in [5, 5.41) is 0. The van der Waals surface area contributed by atoms with Crippen LogP contribution < -0.4 is 5.48 Å². The molecule has 0 amide bonds. The van der Waals surface area contributed by atoms with Crippen LogP contribution in [0.25, 0.3) is 0 Å². The topological polar surface area (TPSA) is 47.6 Å². The molecule has 1 saturated carbocycles. The molecule has 1 atom stereocenters. The molecule has 1 aliphatic carbocycles. The van der Waals surface area contributed by atoms with Crippen molar-refractivity contribution in [3.05, 3.63) is 35.9 Å². The zero-order valence-corrected chi connectivity index (χ0v) is 12.7. The van der Waals surface area contributed by atoms with Crippen molar-refractivity contribution in [1.29, 1.82) is 0 Å². The average molecular weight is 291 g/mol. The molecule has 116 valence electrons. The van der Waals surface area contributed by atoms with Crippen molar-refractivity contribution >= 4 is 5.97 Å². The smallest absolute Gasteiger partial charge is 0.310 e. The molecule has 1 unspecified atom stereocenters. The quantitative estimate of drug-likeness (QED) is 0.454. The Hall–Kier alpha value is -1.39. The van der Waals surface area contributed by atoms with Crippen LogP contribution in [-0.2, 0) is 21.0 Å². The fourth-order valence-electron chi connectivity index (χ4n) is 2.95. The number of benzene rings is 1. The molecule has 0 bridgehead atoms. The van der Waals surface area contributed by atoms with E-state index in [1.807, 2.05) is 30.3 Å². The van der Waals surface area contributed by atoms with Gasteiger partial charge < -0.3 is 4.74 Å². The third-order valence-corrected chi connectivity index (χ3v) is 4.14. The number of rotatable bonds is 8. The van der Waals surface area contributed by atoms with Gasteiger partial charge in [0.1, 0.15) is 0 Å². The normalized spacial score (nSPS) is 16.8. The Morgan fingerprint density at radius 3 is 2.67 bits per heavy atom. The van der Waals surface area contributed by atoms with Gasteiger partial charge in [0.25, 0.3) is 0 Å². The number of methoxy groups -OCH3 is 1. The molecule has 1 aromatic carbocycles. The molecule has 0 aliphatic heterocycles. The maximum Gasteiger partial charge on any atom is 0.310 e. The van der Waals surface area contributed by atoms with E-state index in [1.165, 1.54) is 32.8 Å². The van der Waals surface area contributed by atoms with Crippen LogP contribution in [0.4, 0.5) is 0 Å². The van der Waals surface area contributed by atoms with E-state index in [0.717, 1.165) is 12.0 Å². The summed E-state index contributed by atoms with van der Waals surface area (Å²) in [7, 11) is 1.45. The molecule has 1 N–H and O–H groups in total. The first-order valence-corrected chi connectivity index (χ1v) is 7.76. The first-order chi connectivity index (χ1) is 10.3. The van der Waals surface area contributed by atoms with Crippen LogP contribution in [0.2, 0.25) is 0 Å². The summed E-state index contributed by atoms with van der Waals surface area (Å²) >= 11 is 0. The van der Waals surface area contributed by atoms with Gasteiger partial charge in [-0.25, -0.2) is 5.48 Å². The van der Waals surface area contributed by atoms with Gasteiger partial charge >= 0.3 is 5.97 Å². The maximum absolute atomic E-state index is 11.8. The summed E-state index contributed by atoms with van der Waals surface area (Å²) in [6.07, 6.45) is 5.94. The third kappa shape index (κ3) is 5.48. The van der Waals surface area contributed by atoms with Crippen LogP contribution in [0, 0.1) is 11.8 Å². The number of ether oxygens (including phenoxy) is 1. The highest BCUT2D eigenvalue weighted by Crippen LogP contribution is 2.30. The summed E-state index contributed by atoms with van der Waals surface area (Å²) in [6.45, 7) is 1.01. The minimum atomic E-state index is -0.141. The molecule has 1 aliphatic rings. The van der Waals surface area contributed by atoms with E-state index in [1.54, 1.807) is 0 Å². The standard InChI is InChI=1S/C17H25NO3/c1-20-17(19)16(11-14-7-5-6-8-14)12-18-21-13-15-9-3-2-4-10-15/h2-4,9-10,14,16,18H,5-8,11-13H2,1H3. The molecule has 4 nitrogen and oxygen atoms in total. The number of esters is 1. The van der Waals surface area contributed by atoms with Crippen molar-refractivity contribution in [3.63, 3.8) is 0 Å². The zero-order chi connectivity index (χ0) is 14.9. The number of hydroxylamine groups is 1. The maximum atomic E-state index is 11.8. The van der Waals surface area contributed by atoms with Gasteiger partial charge in [0.05, 0.1) is 19.6 Å². The number of carbonyl (C=O) groups is 1. The number of hydrogen-bond acceptors (Lipinski definition) is 4. The summed E-state index contributed by atoms with van der Waals surface area (Å²) in [6, 6.07) is 9.97. The van der Waals surface area contributed by atoms with Gasteiger partial charge in [0.15, 0.2) is 0 Å². The fourth-order valence-corrected chi connectivity index (χ4v) is 2.95. The van der Waals surface area contributed by atoms with Crippen LogP contribution in [0.5, 0.6) is 0 Å². The van der Waals surface area contributed by atoms with Gasteiger partial charge in [-0.1, -0.05) is 56.0 Å². The molecule has 4 heteroatoms. The second kappa shape index (κ2) is 8.80.